The number of allylic oxidation sites excluding steroid dienone is 6. The normalized spacial score (nSPS) is 51.7. The highest BCUT2D eigenvalue weighted by Crippen LogP contribution is 2.76. The number of hydrogen-bond donors (Lipinski definition) is 0. The maximum atomic E-state index is 2.60. The lowest BCUT2D eigenvalue weighted by molar-refractivity contribution is -0.191. The average molecular weight is 451 g/mol. The highest BCUT2D eigenvalue weighted by molar-refractivity contribution is 8.04. The van der Waals surface area contributed by atoms with E-state index in [-0.39, 0.29) is 0 Å². The molecule has 0 aromatic rings. The van der Waals surface area contributed by atoms with Crippen molar-refractivity contribution in [3.8, 4) is 0 Å². The molecule has 0 aromatic carbocycles. The Morgan fingerprint density at radius 2 is 1.69 bits per heavy atom. The van der Waals surface area contributed by atoms with Crippen LogP contribution in [-0.2, 0) is 0 Å². The van der Waals surface area contributed by atoms with Crippen molar-refractivity contribution in [2.75, 3.05) is 5.75 Å². The summed E-state index contributed by atoms with van der Waals surface area (Å²) < 4.78 is 0. The van der Waals surface area contributed by atoms with Gasteiger partial charge in [-0.05, 0) is 112 Å². The highest BCUT2D eigenvalue weighted by atomic mass is 32.2. The molecule has 5 saturated carbocycles. The summed E-state index contributed by atoms with van der Waals surface area (Å²) in [6, 6.07) is 0. The Morgan fingerprint density at radius 3 is 2.22 bits per heavy atom. The summed E-state index contributed by atoms with van der Waals surface area (Å²) in [5, 5.41) is 0. The van der Waals surface area contributed by atoms with Crippen LogP contribution in [0.1, 0.15) is 81.1 Å². The van der Waals surface area contributed by atoms with Crippen LogP contribution in [0.5, 0.6) is 0 Å². The minimum Gasteiger partial charge on any atom is -0.130 e. The molecule has 11 atom stereocenters. The lowest BCUT2D eigenvalue weighted by Crippen LogP contribution is -2.67. The van der Waals surface area contributed by atoms with Crippen molar-refractivity contribution < 1.29 is 0 Å². The van der Waals surface area contributed by atoms with Crippen LogP contribution in [0.25, 0.3) is 0 Å². The van der Waals surface area contributed by atoms with Gasteiger partial charge in [0.2, 0.25) is 0 Å². The zero-order valence-corrected chi connectivity index (χ0v) is 22.7. The van der Waals surface area contributed by atoms with Gasteiger partial charge in [0.25, 0.3) is 0 Å². The van der Waals surface area contributed by atoms with E-state index in [1.165, 1.54) is 31.4 Å². The van der Waals surface area contributed by atoms with E-state index in [0.717, 1.165) is 65.1 Å². The Labute approximate surface area is 202 Å². The van der Waals surface area contributed by atoms with E-state index in [9.17, 15) is 0 Å². The Bertz CT molecular complexity index is 913. The van der Waals surface area contributed by atoms with Crippen LogP contribution in [0.15, 0.2) is 32.8 Å². The second-order valence-electron chi connectivity index (χ2n) is 12.8. The van der Waals surface area contributed by atoms with Crippen molar-refractivity contribution in [3.05, 3.63) is 32.8 Å². The number of hydrogen-bond acceptors (Lipinski definition) is 1. The Hall–Kier alpha value is -0.430. The van der Waals surface area contributed by atoms with Gasteiger partial charge in [-0.2, -0.15) is 0 Å². The molecule has 0 N–H and O–H groups in total. The third kappa shape index (κ3) is 2.59. The first-order chi connectivity index (χ1) is 15.4. The van der Waals surface area contributed by atoms with Crippen molar-refractivity contribution in [3.63, 3.8) is 0 Å². The first-order valence-corrected chi connectivity index (χ1v) is 15.2. The van der Waals surface area contributed by atoms with Crippen LogP contribution in [0.3, 0.4) is 0 Å². The zero-order chi connectivity index (χ0) is 22.6. The molecular weight excluding hydrogens is 404 g/mol. The molecule has 0 radical (unpaired) electrons. The van der Waals surface area contributed by atoms with Gasteiger partial charge in [-0.1, -0.05) is 66.5 Å². The molecule has 0 amide bonds. The van der Waals surface area contributed by atoms with Crippen molar-refractivity contribution in [1.29, 1.82) is 0 Å². The first kappa shape index (κ1) is 22.1. The van der Waals surface area contributed by atoms with E-state index in [1.54, 1.807) is 0 Å². The molecule has 5 aliphatic carbocycles. The van der Waals surface area contributed by atoms with Gasteiger partial charge in [-0.3, -0.25) is 0 Å². The van der Waals surface area contributed by atoms with Gasteiger partial charge in [0, 0.05) is 11.7 Å². The molecule has 6 aliphatic rings. The minimum absolute atomic E-state index is 0.668. The predicted molar refractivity (Wildman–Crippen MR) is 139 cm³/mol. The fourth-order valence-electron chi connectivity index (χ4n) is 9.47. The molecule has 1 heterocycles. The smallest absolute Gasteiger partial charge is 0.0102 e. The summed E-state index contributed by atoms with van der Waals surface area (Å²) >= 11 is 2.20. The molecule has 11 unspecified atom stereocenters. The number of fused-ring (bicyclic) bond motifs is 5. The van der Waals surface area contributed by atoms with Gasteiger partial charge in [0.15, 0.2) is 0 Å². The van der Waals surface area contributed by atoms with Crippen molar-refractivity contribution in [1.82, 2.24) is 0 Å². The van der Waals surface area contributed by atoms with Crippen molar-refractivity contribution >= 4 is 11.8 Å². The van der Waals surface area contributed by atoms with Gasteiger partial charge < -0.3 is 0 Å². The molecule has 1 saturated heterocycles. The monoisotopic (exact) mass is 450 g/mol. The fourth-order valence-corrected chi connectivity index (χ4v) is 10.9. The topological polar surface area (TPSA) is 0 Å². The van der Waals surface area contributed by atoms with Crippen LogP contribution in [0.2, 0.25) is 0 Å². The maximum absolute atomic E-state index is 2.60. The minimum atomic E-state index is 0.668. The molecule has 32 heavy (non-hydrogen) atoms. The quantitative estimate of drug-likeness (QED) is 0.389. The predicted octanol–water partition coefficient (Wildman–Crippen LogP) is 8.76. The molecule has 176 valence electrons. The first-order valence-electron chi connectivity index (χ1n) is 14.2. The van der Waals surface area contributed by atoms with Crippen molar-refractivity contribution in [2.24, 2.45) is 71.0 Å². The molecule has 1 heteroatoms. The maximum Gasteiger partial charge on any atom is 0.0102 e. The summed E-state index contributed by atoms with van der Waals surface area (Å²) in [5.74, 6) is 12.3. The van der Waals surface area contributed by atoms with E-state index in [2.05, 4.69) is 67.2 Å². The second kappa shape index (κ2) is 7.53. The van der Waals surface area contributed by atoms with Gasteiger partial charge in [-0.15, -0.1) is 11.8 Å². The van der Waals surface area contributed by atoms with E-state index >= 15 is 0 Å². The van der Waals surface area contributed by atoms with Crippen LogP contribution in [-0.4, -0.2) is 5.75 Å². The van der Waals surface area contributed by atoms with Gasteiger partial charge in [0.1, 0.15) is 0 Å². The van der Waals surface area contributed by atoms with E-state index in [0.29, 0.717) is 5.92 Å². The fraction of sp³-hybridized carbons (Fsp3) is 0.806. The van der Waals surface area contributed by atoms with Gasteiger partial charge >= 0.3 is 0 Å². The van der Waals surface area contributed by atoms with E-state index < -0.39 is 0 Å². The number of rotatable bonds is 6. The molecule has 1 aliphatic heterocycles. The average Bonchev–Trinajstić information content (AvgIpc) is 3.34. The summed E-state index contributed by atoms with van der Waals surface area (Å²) in [4.78, 5) is 1.83. The standard InChI is InChI=1S/C31H46S/c1-9-15(6)23(25-17(8)24-22-16(7)12-20(22)28(24)25)21(14(4)5)26-19(11-3)27-29(26)30(27)31-18(10-2)13-32-31/h14-20,22,24,27-29H,9-13H2,1-8H3/b25-23-,26-21-,31-30-. The summed E-state index contributed by atoms with van der Waals surface area (Å²) in [7, 11) is 0. The third-order valence-corrected chi connectivity index (χ3v) is 12.7. The van der Waals surface area contributed by atoms with Crippen LogP contribution >= 0.6 is 11.8 Å². The third-order valence-electron chi connectivity index (χ3n) is 11.3. The SMILES string of the molecule is CCC(C)C(/C(=C1/C(CC)C2/C(=C3/SCC3CC)C12)C(C)C)=C1\C(C)C2C1C1CC(C)C12. The van der Waals surface area contributed by atoms with E-state index in [1.807, 2.05) is 32.8 Å². The highest BCUT2D eigenvalue weighted by Gasteiger charge is 2.69. The molecule has 0 spiro atoms. The Kier molecular flexibility index (Phi) is 5.19. The lowest BCUT2D eigenvalue weighted by atomic mass is 9.31. The summed E-state index contributed by atoms with van der Waals surface area (Å²) in [6.45, 7) is 20.0. The van der Waals surface area contributed by atoms with Crippen LogP contribution < -0.4 is 0 Å². The molecule has 6 rings (SSSR count). The molecule has 0 aromatic heterocycles. The van der Waals surface area contributed by atoms with Gasteiger partial charge in [-0.25, -0.2) is 0 Å². The van der Waals surface area contributed by atoms with Crippen LogP contribution in [0, 0.1) is 71.0 Å². The summed E-state index contributed by atoms with van der Waals surface area (Å²) in [6.07, 6.45) is 5.50. The number of thioether (sulfide) groups is 1. The lowest BCUT2D eigenvalue weighted by Gasteiger charge is -2.73. The van der Waals surface area contributed by atoms with Crippen LogP contribution in [0.4, 0.5) is 0 Å². The van der Waals surface area contributed by atoms with Gasteiger partial charge in [0.05, 0.1) is 0 Å². The molecule has 0 bridgehead atoms. The summed E-state index contributed by atoms with van der Waals surface area (Å²) in [5.41, 5.74) is 9.53. The Balaban J connectivity index is 1.44. The zero-order valence-electron chi connectivity index (χ0n) is 21.9. The van der Waals surface area contributed by atoms with E-state index in [4.69, 9.17) is 0 Å². The van der Waals surface area contributed by atoms with Crippen molar-refractivity contribution in [2.45, 2.75) is 81.1 Å². The molecule has 6 fully saturated rings. The Morgan fingerprint density at radius 1 is 0.938 bits per heavy atom. The second-order valence-corrected chi connectivity index (χ2v) is 13.9. The largest absolute Gasteiger partial charge is 0.130 e. The molecular formula is C31H46S. The molecule has 0 nitrogen and oxygen atoms in total.